The van der Waals surface area contributed by atoms with Crippen LogP contribution in [-0.2, 0) is 4.74 Å². The van der Waals surface area contributed by atoms with Gasteiger partial charge in [0.05, 0.1) is 30.4 Å². The van der Waals surface area contributed by atoms with Gasteiger partial charge < -0.3 is 20.5 Å². The molecule has 0 spiro atoms. The summed E-state index contributed by atoms with van der Waals surface area (Å²) in [5.74, 6) is -0.753. The van der Waals surface area contributed by atoms with Crippen molar-refractivity contribution in [3.8, 4) is 17.0 Å². The van der Waals surface area contributed by atoms with Gasteiger partial charge in [0.15, 0.2) is 0 Å². The highest BCUT2D eigenvalue weighted by molar-refractivity contribution is 6.04. The number of methoxy groups -OCH3 is 1. The molecule has 2 aromatic heterocycles. The maximum Gasteiger partial charge on any atom is 0.275 e. The SMILES string of the molecule is COCCOc1cnc(C(=O)Nc2cc(-c3ccc(F)nc3)ccc2N)cn1. The molecule has 0 radical (unpaired) electrons. The summed E-state index contributed by atoms with van der Waals surface area (Å²) >= 11 is 0. The number of pyridine rings is 1. The molecule has 144 valence electrons. The Kier molecular flexibility index (Phi) is 6.07. The third-order valence-corrected chi connectivity index (χ3v) is 3.76. The number of nitrogens with zero attached hydrogens (tertiary/aromatic N) is 3. The first-order valence-corrected chi connectivity index (χ1v) is 8.33. The van der Waals surface area contributed by atoms with E-state index >= 15 is 0 Å². The fourth-order valence-corrected chi connectivity index (χ4v) is 2.31. The molecular weight excluding hydrogens is 365 g/mol. The Hall–Kier alpha value is -3.59. The normalized spacial score (nSPS) is 10.5. The van der Waals surface area contributed by atoms with E-state index in [9.17, 15) is 9.18 Å². The van der Waals surface area contributed by atoms with Crippen molar-refractivity contribution < 1.29 is 18.7 Å². The van der Waals surface area contributed by atoms with E-state index in [1.54, 1.807) is 31.4 Å². The molecule has 0 aliphatic heterocycles. The number of halogens is 1. The van der Waals surface area contributed by atoms with Crippen LogP contribution in [0.4, 0.5) is 15.8 Å². The van der Waals surface area contributed by atoms with Crippen molar-refractivity contribution in [1.82, 2.24) is 15.0 Å². The topological polar surface area (TPSA) is 112 Å². The Labute approximate surface area is 160 Å². The van der Waals surface area contributed by atoms with Crippen LogP contribution >= 0.6 is 0 Å². The number of benzene rings is 1. The van der Waals surface area contributed by atoms with Crippen molar-refractivity contribution in [3.05, 3.63) is 60.6 Å². The molecule has 0 aliphatic carbocycles. The monoisotopic (exact) mass is 383 g/mol. The van der Waals surface area contributed by atoms with Gasteiger partial charge in [-0.3, -0.25) is 4.79 Å². The number of hydrogen-bond donors (Lipinski definition) is 2. The highest BCUT2D eigenvalue weighted by atomic mass is 19.1. The number of amides is 1. The van der Waals surface area contributed by atoms with Gasteiger partial charge in [0.2, 0.25) is 11.8 Å². The predicted octanol–water partition coefficient (Wildman–Crippen LogP) is 2.54. The lowest BCUT2D eigenvalue weighted by Gasteiger charge is -2.10. The Bertz CT molecular complexity index is 949. The Balaban J connectivity index is 1.73. The van der Waals surface area contributed by atoms with Crippen molar-refractivity contribution in [3.63, 3.8) is 0 Å². The van der Waals surface area contributed by atoms with Crippen molar-refractivity contribution in [1.29, 1.82) is 0 Å². The van der Waals surface area contributed by atoms with Crippen LogP contribution < -0.4 is 15.8 Å². The third-order valence-electron chi connectivity index (χ3n) is 3.76. The van der Waals surface area contributed by atoms with Gasteiger partial charge in [-0.1, -0.05) is 6.07 Å². The standard InChI is InChI=1S/C19H18FN5O3/c1-27-6-7-28-18-11-22-16(10-24-18)19(26)25-15-8-12(2-4-14(15)21)13-3-5-17(20)23-9-13/h2-5,8-11H,6-7,21H2,1H3,(H,25,26). The van der Waals surface area contributed by atoms with Crippen molar-refractivity contribution in [2.24, 2.45) is 0 Å². The van der Waals surface area contributed by atoms with Crippen molar-refractivity contribution in [2.45, 2.75) is 0 Å². The molecule has 28 heavy (non-hydrogen) atoms. The van der Waals surface area contributed by atoms with E-state index in [1.165, 1.54) is 24.7 Å². The van der Waals surface area contributed by atoms with Crippen LogP contribution in [0.5, 0.6) is 5.88 Å². The van der Waals surface area contributed by atoms with E-state index in [2.05, 4.69) is 20.3 Å². The van der Waals surface area contributed by atoms with Gasteiger partial charge in [0, 0.05) is 18.9 Å². The van der Waals surface area contributed by atoms with Gasteiger partial charge >= 0.3 is 0 Å². The predicted molar refractivity (Wildman–Crippen MR) is 101 cm³/mol. The fourth-order valence-electron chi connectivity index (χ4n) is 2.31. The zero-order chi connectivity index (χ0) is 19.9. The highest BCUT2D eigenvalue weighted by Gasteiger charge is 2.12. The Morgan fingerprint density at radius 1 is 1.07 bits per heavy atom. The van der Waals surface area contributed by atoms with Gasteiger partial charge in [-0.25, -0.2) is 15.0 Å². The number of rotatable bonds is 7. The molecule has 3 rings (SSSR count). The molecule has 0 aliphatic rings. The summed E-state index contributed by atoms with van der Waals surface area (Å²) < 4.78 is 23.2. The van der Waals surface area contributed by atoms with Crippen LogP contribution in [-0.4, -0.2) is 41.2 Å². The fraction of sp³-hybridized carbons (Fsp3) is 0.158. The molecule has 3 aromatic rings. The number of nitrogens with two attached hydrogens (primary N) is 1. The molecule has 3 N–H and O–H groups in total. The quantitative estimate of drug-likeness (QED) is 0.366. The van der Waals surface area contributed by atoms with Crippen LogP contribution in [0.2, 0.25) is 0 Å². The summed E-state index contributed by atoms with van der Waals surface area (Å²) in [6, 6.07) is 7.93. The van der Waals surface area contributed by atoms with E-state index in [-0.39, 0.29) is 5.69 Å². The zero-order valence-corrected chi connectivity index (χ0v) is 15.1. The van der Waals surface area contributed by atoms with E-state index in [1.807, 2.05) is 0 Å². The van der Waals surface area contributed by atoms with E-state index in [4.69, 9.17) is 15.2 Å². The van der Waals surface area contributed by atoms with Gasteiger partial charge in [-0.05, 0) is 29.8 Å². The number of hydrogen-bond acceptors (Lipinski definition) is 7. The summed E-state index contributed by atoms with van der Waals surface area (Å²) in [6.07, 6.45) is 4.07. The second kappa shape index (κ2) is 8.87. The molecule has 0 saturated carbocycles. The highest BCUT2D eigenvalue weighted by Crippen LogP contribution is 2.27. The lowest BCUT2D eigenvalue weighted by Crippen LogP contribution is -2.15. The molecule has 1 amide bonds. The molecule has 9 heteroatoms. The van der Waals surface area contributed by atoms with Crippen LogP contribution in [0.15, 0.2) is 48.9 Å². The molecule has 0 atom stereocenters. The average Bonchev–Trinajstić information content (AvgIpc) is 2.71. The molecule has 2 heterocycles. The lowest BCUT2D eigenvalue weighted by atomic mass is 10.1. The molecule has 8 nitrogen and oxygen atoms in total. The Morgan fingerprint density at radius 2 is 1.89 bits per heavy atom. The third kappa shape index (κ3) is 4.77. The maximum absolute atomic E-state index is 13.0. The minimum absolute atomic E-state index is 0.104. The molecule has 1 aromatic carbocycles. The van der Waals surface area contributed by atoms with E-state index in [0.717, 1.165) is 5.56 Å². The molecule has 0 saturated heterocycles. The second-order valence-corrected chi connectivity index (χ2v) is 5.71. The van der Waals surface area contributed by atoms with E-state index in [0.29, 0.717) is 36.0 Å². The van der Waals surface area contributed by atoms with Gasteiger partial charge in [-0.2, -0.15) is 4.39 Å². The zero-order valence-electron chi connectivity index (χ0n) is 15.1. The van der Waals surface area contributed by atoms with Gasteiger partial charge in [0.1, 0.15) is 12.3 Å². The van der Waals surface area contributed by atoms with Crippen molar-refractivity contribution >= 4 is 17.3 Å². The summed E-state index contributed by atoms with van der Waals surface area (Å²) in [7, 11) is 1.57. The second-order valence-electron chi connectivity index (χ2n) is 5.71. The largest absolute Gasteiger partial charge is 0.474 e. The number of nitrogen functional groups attached to an aromatic ring is 1. The summed E-state index contributed by atoms with van der Waals surface area (Å²) in [5, 5.41) is 2.70. The molecule has 0 unspecified atom stereocenters. The summed E-state index contributed by atoms with van der Waals surface area (Å²) in [4.78, 5) is 24.1. The number of nitrogens with one attached hydrogen (secondary N) is 1. The minimum Gasteiger partial charge on any atom is -0.474 e. The van der Waals surface area contributed by atoms with Gasteiger partial charge in [0.25, 0.3) is 5.91 Å². The Morgan fingerprint density at radius 3 is 2.57 bits per heavy atom. The van der Waals surface area contributed by atoms with Gasteiger partial charge in [-0.15, -0.1) is 0 Å². The number of carbonyl (C=O) groups is 1. The smallest absolute Gasteiger partial charge is 0.275 e. The van der Waals surface area contributed by atoms with Crippen LogP contribution in [0.1, 0.15) is 10.5 Å². The molecule has 0 fully saturated rings. The summed E-state index contributed by atoms with van der Waals surface area (Å²) in [6.45, 7) is 0.751. The van der Waals surface area contributed by atoms with Crippen LogP contribution in [0.25, 0.3) is 11.1 Å². The number of ether oxygens (including phenoxy) is 2. The summed E-state index contributed by atoms with van der Waals surface area (Å²) in [5.41, 5.74) is 8.24. The first kappa shape index (κ1) is 19.2. The number of carbonyl (C=O) groups excluding carboxylic acids is 1. The van der Waals surface area contributed by atoms with Crippen LogP contribution in [0, 0.1) is 5.95 Å². The first-order chi connectivity index (χ1) is 13.6. The first-order valence-electron chi connectivity index (χ1n) is 8.33. The lowest BCUT2D eigenvalue weighted by molar-refractivity contribution is 0.102. The van der Waals surface area contributed by atoms with E-state index < -0.39 is 11.9 Å². The maximum atomic E-state index is 13.0. The number of anilines is 2. The average molecular weight is 383 g/mol. The van der Waals surface area contributed by atoms with Crippen molar-refractivity contribution in [2.75, 3.05) is 31.4 Å². The molecular formula is C19H18FN5O3. The minimum atomic E-state index is -0.569. The van der Waals surface area contributed by atoms with Crippen LogP contribution in [0.3, 0.4) is 0 Å². The molecule has 0 bridgehead atoms. The number of aromatic nitrogens is 3.